The van der Waals surface area contributed by atoms with Crippen molar-refractivity contribution in [3.05, 3.63) is 0 Å². The molecule has 1 aliphatic heterocycles. The summed E-state index contributed by atoms with van der Waals surface area (Å²) in [4.78, 5) is 0. The van der Waals surface area contributed by atoms with Crippen LogP contribution in [0.3, 0.4) is 0 Å². The van der Waals surface area contributed by atoms with E-state index in [2.05, 4.69) is 6.92 Å². The third-order valence-corrected chi connectivity index (χ3v) is 6.83. The largest absolute Gasteiger partial charge is 0.229 e. The highest BCUT2D eigenvalue weighted by atomic mass is 35.5. The lowest BCUT2D eigenvalue weighted by molar-refractivity contribution is 0.204. The van der Waals surface area contributed by atoms with Gasteiger partial charge in [0.05, 0.1) is 11.5 Å². The van der Waals surface area contributed by atoms with Crippen LogP contribution in [0.25, 0.3) is 0 Å². The van der Waals surface area contributed by atoms with Crippen LogP contribution in [0.1, 0.15) is 45.4 Å². The van der Waals surface area contributed by atoms with E-state index in [4.69, 9.17) is 11.6 Å². The zero-order valence-corrected chi connectivity index (χ0v) is 12.1. The molecule has 4 unspecified atom stereocenters. The molecular formula is C13H23ClO2S. The van der Waals surface area contributed by atoms with E-state index >= 15 is 0 Å². The Morgan fingerprint density at radius 2 is 2.00 bits per heavy atom. The summed E-state index contributed by atoms with van der Waals surface area (Å²) in [5.41, 5.74) is 0. The van der Waals surface area contributed by atoms with Crippen LogP contribution >= 0.6 is 11.6 Å². The monoisotopic (exact) mass is 278 g/mol. The Morgan fingerprint density at radius 1 is 1.24 bits per heavy atom. The molecule has 2 rings (SSSR count). The van der Waals surface area contributed by atoms with Crippen molar-refractivity contribution in [2.24, 2.45) is 17.8 Å². The molecule has 0 bridgehead atoms. The fourth-order valence-corrected chi connectivity index (χ4v) is 5.91. The molecule has 0 radical (unpaired) electrons. The maximum Gasteiger partial charge on any atom is 0.150 e. The first-order valence-electron chi connectivity index (χ1n) is 6.86. The second kappa shape index (κ2) is 5.48. The molecule has 4 atom stereocenters. The number of halogens is 1. The SMILES string of the molecule is CCCC1CCC(Cl)C(C2CCS(=O)(=O)C2)C1. The lowest BCUT2D eigenvalue weighted by Crippen LogP contribution is -2.32. The predicted octanol–water partition coefficient (Wildman–Crippen LogP) is 3.24. The van der Waals surface area contributed by atoms with E-state index in [0.717, 1.165) is 25.2 Å². The molecule has 2 fully saturated rings. The summed E-state index contributed by atoms with van der Waals surface area (Å²) in [5.74, 6) is 2.33. The Kier molecular flexibility index (Phi) is 4.40. The molecule has 4 heteroatoms. The Labute approximate surface area is 110 Å². The molecule has 1 saturated carbocycles. The molecule has 2 aliphatic rings. The van der Waals surface area contributed by atoms with Crippen molar-refractivity contribution in [1.29, 1.82) is 0 Å². The van der Waals surface area contributed by atoms with Crippen molar-refractivity contribution in [1.82, 2.24) is 0 Å². The van der Waals surface area contributed by atoms with Gasteiger partial charge in [-0.05, 0) is 43.4 Å². The third-order valence-electron chi connectivity index (χ3n) is 4.49. The third kappa shape index (κ3) is 3.37. The van der Waals surface area contributed by atoms with Crippen molar-refractivity contribution in [2.75, 3.05) is 11.5 Å². The molecule has 0 amide bonds. The van der Waals surface area contributed by atoms with Gasteiger partial charge in [0.2, 0.25) is 0 Å². The average Bonchev–Trinajstić information content (AvgIpc) is 2.62. The van der Waals surface area contributed by atoms with Crippen LogP contribution in [0.2, 0.25) is 0 Å². The summed E-state index contributed by atoms with van der Waals surface area (Å²) in [6, 6.07) is 0. The summed E-state index contributed by atoms with van der Waals surface area (Å²) in [7, 11) is -2.76. The number of rotatable bonds is 3. The normalized spacial score (nSPS) is 41.5. The van der Waals surface area contributed by atoms with Crippen molar-refractivity contribution >= 4 is 21.4 Å². The fourth-order valence-electron chi connectivity index (χ4n) is 3.58. The molecule has 0 aromatic carbocycles. The van der Waals surface area contributed by atoms with Crippen molar-refractivity contribution in [2.45, 2.75) is 50.8 Å². The average molecular weight is 279 g/mol. The van der Waals surface area contributed by atoms with Crippen LogP contribution in [0, 0.1) is 17.8 Å². The summed E-state index contributed by atoms with van der Waals surface area (Å²) in [6.45, 7) is 2.22. The minimum Gasteiger partial charge on any atom is -0.229 e. The summed E-state index contributed by atoms with van der Waals surface area (Å²) < 4.78 is 23.1. The molecular weight excluding hydrogens is 256 g/mol. The van der Waals surface area contributed by atoms with E-state index in [1.165, 1.54) is 19.3 Å². The summed E-state index contributed by atoms with van der Waals surface area (Å²) >= 11 is 6.43. The number of hydrogen-bond donors (Lipinski definition) is 0. The van der Waals surface area contributed by atoms with Crippen LogP contribution in [0.4, 0.5) is 0 Å². The zero-order chi connectivity index (χ0) is 12.5. The van der Waals surface area contributed by atoms with Crippen LogP contribution in [0.15, 0.2) is 0 Å². The first-order chi connectivity index (χ1) is 8.02. The molecule has 2 nitrogen and oxygen atoms in total. The van der Waals surface area contributed by atoms with Gasteiger partial charge in [-0.2, -0.15) is 0 Å². The maximum absolute atomic E-state index is 11.6. The van der Waals surface area contributed by atoms with E-state index < -0.39 is 9.84 Å². The van der Waals surface area contributed by atoms with Gasteiger partial charge >= 0.3 is 0 Å². The van der Waals surface area contributed by atoms with Gasteiger partial charge in [-0.25, -0.2) is 8.42 Å². The van der Waals surface area contributed by atoms with Crippen LogP contribution in [-0.4, -0.2) is 25.3 Å². The molecule has 1 heterocycles. The summed E-state index contributed by atoms with van der Waals surface area (Å²) in [6.07, 6.45) is 6.82. The molecule has 100 valence electrons. The second-order valence-corrected chi connectivity index (χ2v) is 8.60. The quantitative estimate of drug-likeness (QED) is 0.743. The van der Waals surface area contributed by atoms with E-state index in [9.17, 15) is 8.42 Å². The maximum atomic E-state index is 11.6. The highest BCUT2D eigenvalue weighted by Crippen LogP contribution is 2.42. The molecule has 1 saturated heterocycles. The highest BCUT2D eigenvalue weighted by Gasteiger charge is 2.39. The lowest BCUT2D eigenvalue weighted by atomic mass is 9.73. The Morgan fingerprint density at radius 3 is 2.59 bits per heavy atom. The van der Waals surface area contributed by atoms with Crippen molar-refractivity contribution in [3.63, 3.8) is 0 Å². The van der Waals surface area contributed by atoms with Gasteiger partial charge in [-0.15, -0.1) is 11.6 Å². The van der Waals surface area contributed by atoms with Gasteiger partial charge in [-0.3, -0.25) is 0 Å². The van der Waals surface area contributed by atoms with Gasteiger partial charge in [0.25, 0.3) is 0 Å². The molecule has 17 heavy (non-hydrogen) atoms. The molecule has 0 N–H and O–H groups in total. The van der Waals surface area contributed by atoms with Crippen LogP contribution in [0.5, 0.6) is 0 Å². The molecule has 0 aromatic rings. The number of hydrogen-bond acceptors (Lipinski definition) is 2. The lowest BCUT2D eigenvalue weighted by Gasteiger charge is -2.36. The van der Waals surface area contributed by atoms with Gasteiger partial charge in [0.1, 0.15) is 0 Å². The smallest absolute Gasteiger partial charge is 0.150 e. The van der Waals surface area contributed by atoms with Gasteiger partial charge in [0.15, 0.2) is 9.84 Å². The first kappa shape index (κ1) is 13.7. The zero-order valence-electron chi connectivity index (χ0n) is 10.6. The minimum atomic E-state index is -2.76. The van der Waals surface area contributed by atoms with Crippen molar-refractivity contribution < 1.29 is 8.42 Å². The van der Waals surface area contributed by atoms with Gasteiger partial charge < -0.3 is 0 Å². The van der Waals surface area contributed by atoms with Crippen molar-refractivity contribution in [3.8, 4) is 0 Å². The molecule has 0 aromatic heterocycles. The minimum absolute atomic E-state index is 0.210. The van der Waals surface area contributed by atoms with Gasteiger partial charge in [0, 0.05) is 5.38 Å². The Balaban J connectivity index is 1.98. The van der Waals surface area contributed by atoms with Crippen LogP contribution in [-0.2, 0) is 9.84 Å². The Bertz CT molecular complexity index is 352. The van der Waals surface area contributed by atoms with E-state index in [1.54, 1.807) is 0 Å². The van der Waals surface area contributed by atoms with E-state index in [0.29, 0.717) is 23.3 Å². The summed E-state index contributed by atoms with van der Waals surface area (Å²) in [5, 5.41) is 0.210. The van der Waals surface area contributed by atoms with Crippen LogP contribution < -0.4 is 0 Å². The van der Waals surface area contributed by atoms with Gasteiger partial charge in [-0.1, -0.05) is 19.8 Å². The van der Waals surface area contributed by atoms with E-state index in [1.807, 2.05) is 0 Å². The number of sulfone groups is 1. The first-order valence-corrected chi connectivity index (χ1v) is 9.12. The topological polar surface area (TPSA) is 34.1 Å². The Hall–Kier alpha value is 0.240. The molecule has 1 aliphatic carbocycles. The fraction of sp³-hybridized carbons (Fsp3) is 1.00. The predicted molar refractivity (Wildman–Crippen MR) is 72.1 cm³/mol. The van der Waals surface area contributed by atoms with E-state index in [-0.39, 0.29) is 5.38 Å². The number of alkyl halides is 1. The molecule has 0 spiro atoms. The second-order valence-electron chi connectivity index (χ2n) is 5.81. The standard InChI is InChI=1S/C13H23ClO2S/c1-2-3-10-4-5-13(14)12(8-10)11-6-7-17(15,16)9-11/h10-13H,2-9H2,1H3. The highest BCUT2D eigenvalue weighted by molar-refractivity contribution is 7.91.